The molecule has 0 amide bonds. The van der Waals surface area contributed by atoms with Crippen molar-refractivity contribution in [1.82, 2.24) is 24.5 Å². The smallest absolute Gasteiger partial charge is 0.244 e. The number of nitrogens with one attached hydrogen (secondary N) is 1. The van der Waals surface area contributed by atoms with Gasteiger partial charge in [0, 0.05) is 50.7 Å². The number of aromatic nitrogens is 2. The van der Waals surface area contributed by atoms with Gasteiger partial charge in [0.1, 0.15) is 28.8 Å². The highest BCUT2D eigenvalue weighted by molar-refractivity contribution is 7.89. The fourth-order valence-corrected chi connectivity index (χ4v) is 6.14. The van der Waals surface area contributed by atoms with Crippen LogP contribution in [-0.2, 0) is 16.6 Å². The molecule has 10 nitrogen and oxygen atoms in total. The van der Waals surface area contributed by atoms with Gasteiger partial charge in [-0.25, -0.2) is 23.1 Å². The van der Waals surface area contributed by atoms with Crippen molar-refractivity contribution >= 4 is 10.0 Å². The summed E-state index contributed by atoms with van der Waals surface area (Å²) in [5.41, 5.74) is 2.67. The lowest BCUT2D eigenvalue weighted by molar-refractivity contribution is 0.0713. The number of aliphatic hydroxyl groups excluding tert-OH is 1. The van der Waals surface area contributed by atoms with Gasteiger partial charge in [-0.2, -0.15) is 0 Å². The molecule has 0 saturated carbocycles. The Morgan fingerprint density at radius 2 is 1.89 bits per heavy atom. The van der Waals surface area contributed by atoms with Crippen molar-refractivity contribution in [3.05, 3.63) is 66.7 Å². The summed E-state index contributed by atoms with van der Waals surface area (Å²) in [4.78, 5) is 12.5. The Morgan fingerprint density at radius 1 is 1.11 bits per heavy atom. The van der Waals surface area contributed by atoms with Crippen molar-refractivity contribution in [3.63, 3.8) is 0 Å². The van der Waals surface area contributed by atoms with Crippen LogP contribution >= 0.6 is 0 Å². The summed E-state index contributed by atoms with van der Waals surface area (Å²) in [5.74, 6) is 0.980. The van der Waals surface area contributed by atoms with E-state index < -0.39 is 16.1 Å². The Balaban J connectivity index is 1.52. The molecule has 2 aliphatic rings. The second-order valence-electron chi connectivity index (χ2n) is 9.50. The van der Waals surface area contributed by atoms with Gasteiger partial charge in [-0.05, 0) is 42.4 Å². The third kappa shape index (κ3) is 5.76. The molecule has 1 fully saturated rings. The Labute approximate surface area is 216 Å². The molecule has 3 atom stereocenters. The maximum Gasteiger partial charge on any atom is 0.244 e. The van der Waals surface area contributed by atoms with Gasteiger partial charge < -0.3 is 14.6 Å². The number of aliphatic hydroxyl groups is 1. The molecule has 37 heavy (non-hydrogen) atoms. The van der Waals surface area contributed by atoms with Crippen LogP contribution in [0.3, 0.4) is 0 Å². The minimum absolute atomic E-state index is 0.0459. The summed E-state index contributed by atoms with van der Waals surface area (Å²) >= 11 is 0. The molecule has 0 radical (unpaired) electrons. The fourth-order valence-electron chi connectivity index (χ4n) is 4.95. The van der Waals surface area contributed by atoms with Gasteiger partial charge in [0.25, 0.3) is 0 Å². The highest BCUT2D eigenvalue weighted by Crippen LogP contribution is 2.34. The highest BCUT2D eigenvalue weighted by Gasteiger charge is 2.39. The molecule has 5 rings (SSSR count). The van der Waals surface area contributed by atoms with E-state index in [0.29, 0.717) is 31.9 Å². The molecule has 0 unspecified atom stereocenters. The second kappa shape index (κ2) is 10.7. The minimum Gasteiger partial charge on any atom is -0.497 e. The van der Waals surface area contributed by atoms with Crippen LogP contribution in [0.4, 0.5) is 0 Å². The van der Waals surface area contributed by atoms with Crippen molar-refractivity contribution in [2.24, 2.45) is 0 Å². The lowest BCUT2D eigenvalue weighted by atomic mass is 10.1. The first-order valence-corrected chi connectivity index (χ1v) is 13.6. The van der Waals surface area contributed by atoms with Crippen molar-refractivity contribution in [2.75, 3.05) is 40.3 Å². The predicted octanol–water partition coefficient (Wildman–Crippen LogP) is 1.37. The van der Waals surface area contributed by atoms with E-state index in [4.69, 9.17) is 9.47 Å². The van der Waals surface area contributed by atoms with E-state index in [1.165, 1.54) is 6.33 Å². The lowest BCUT2D eigenvalue weighted by Crippen LogP contribution is -2.47. The molecular formula is C26H31N5O5S. The summed E-state index contributed by atoms with van der Waals surface area (Å²) in [7, 11) is -0.383. The van der Waals surface area contributed by atoms with Crippen molar-refractivity contribution in [1.29, 1.82) is 0 Å². The van der Waals surface area contributed by atoms with Crippen LogP contribution in [0, 0.1) is 0 Å². The van der Waals surface area contributed by atoms with Crippen molar-refractivity contribution < 1.29 is 23.0 Å². The number of benzene rings is 2. The zero-order chi connectivity index (χ0) is 26.0. The highest BCUT2D eigenvalue weighted by atomic mass is 32.2. The van der Waals surface area contributed by atoms with Gasteiger partial charge in [0.2, 0.25) is 10.0 Å². The zero-order valence-corrected chi connectivity index (χ0v) is 21.6. The van der Waals surface area contributed by atoms with Crippen LogP contribution in [0.1, 0.15) is 5.56 Å². The standard InChI is InChI=1S/C26H31N5O5S/c1-30-14-21(32)12-29-37(33,34)26-7-6-20(19-4-3-5-22(8-19)35-2)9-24(26)36-25-16-31(15-23(25)30)13-18-10-27-17-28-11-18/h3-11,17,21,23,25,29,32H,12-16H2,1-2H3/t21-,23+,25-/m0/s1. The Hall–Kier alpha value is -3.09. The quantitative estimate of drug-likeness (QED) is 0.521. The molecule has 0 spiro atoms. The molecule has 0 bridgehead atoms. The number of sulfonamides is 1. The summed E-state index contributed by atoms with van der Waals surface area (Å²) in [6.07, 6.45) is 3.89. The number of β-amino-alcohol motifs (C(OH)–C–C–N with tert-alkyl or cyclic N) is 1. The summed E-state index contributed by atoms with van der Waals surface area (Å²) in [6, 6.07) is 12.6. The number of likely N-dealkylation sites (N-methyl/N-ethyl adjacent to an activating group) is 1. The van der Waals surface area contributed by atoms with Crippen LogP contribution < -0.4 is 14.2 Å². The molecule has 3 aromatic rings. The normalized spacial score (nSPS) is 24.4. The van der Waals surface area contributed by atoms with Gasteiger partial charge in [-0.3, -0.25) is 9.80 Å². The maximum absolute atomic E-state index is 13.2. The number of methoxy groups -OCH3 is 1. The first kappa shape index (κ1) is 25.6. The molecule has 11 heteroatoms. The van der Waals surface area contributed by atoms with Gasteiger partial charge in [0.15, 0.2) is 0 Å². The third-order valence-corrected chi connectivity index (χ3v) is 8.28. The first-order valence-electron chi connectivity index (χ1n) is 12.1. The van der Waals surface area contributed by atoms with Crippen LogP contribution in [0.25, 0.3) is 11.1 Å². The number of rotatable bonds is 4. The van der Waals surface area contributed by atoms with Crippen molar-refractivity contribution in [3.8, 4) is 22.6 Å². The number of nitrogens with zero attached hydrogens (tertiary/aromatic N) is 4. The van der Waals surface area contributed by atoms with E-state index in [9.17, 15) is 13.5 Å². The number of hydrogen-bond donors (Lipinski definition) is 2. The largest absolute Gasteiger partial charge is 0.497 e. The number of likely N-dealkylation sites (tertiary alicyclic amines) is 1. The first-order chi connectivity index (χ1) is 17.8. The average Bonchev–Trinajstić information content (AvgIpc) is 3.29. The van der Waals surface area contributed by atoms with E-state index in [1.54, 1.807) is 37.7 Å². The molecule has 2 aliphatic heterocycles. The molecule has 2 aromatic carbocycles. The molecule has 0 aliphatic carbocycles. The van der Waals surface area contributed by atoms with Gasteiger partial charge in [-0.1, -0.05) is 18.2 Å². The minimum atomic E-state index is -3.92. The lowest BCUT2D eigenvalue weighted by Gasteiger charge is -2.30. The Morgan fingerprint density at radius 3 is 2.68 bits per heavy atom. The van der Waals surface area contributed by atoms with Crippen molar-refractivity contribution in [2.45, 2.75) is 29.7 Å². The molecule has 1 saturated heterocycles. The van der Waals surface area contributed by atoms with Gasteiger partial charge in [-0.15, -0.1) is 0 Å². The third-order valence-electron chi connectivity index (χ3n) is 6.82. The maximum atomic E-state index is 13.2. The monoisotopic (exact) mass is 525 g/mol. The van der Waals surface area contributed by atoms with Crippen LogP contribution in [0.5, 0.6) is 11.5 Å². The average molecular weight is 526 g/mol. The predicted molar refractivity (Wildman–Crippen MR) is 138 cm³/mol. The molecular weight excluding hydrogens is 494 g/mol. The van der Waals surface area contributed by atoms with E-state index in [1.807, 2.05) is 36.2 Å². The Kier molecular flexibility index (Phi) is 7.40. The molecule has 196 valence electrons. The zero-order valence-electron chi connectivity index (χ0n) is 20.8. The number of fused-ring (bicyclic) bond motifs is 2. The number of hydrogen-bond acceptors (Lipinski definition) is 9. The van der Waals surface area contributed by atoms with Gasteiger partial charge in [0.05, 0.1) is 19.3 Å². The molecule has 1 aromatic heterocycles. The van der Waals surface area contributed by atoms with Crippen LogP contribution in [-0.4, -0.2) is 91.9 Å². The van der Waals surface area contributed by atoms with E-state index in [0.717, 1.165) is 16.7 Å². The SMILES string of the molecule is COc1cccc(-c2ccc3c(c2)O[C@H]2CN(Cc4cncnc4)C[C@H]2N(C)C[C@@H](O)CNS3(=O)=O)c1. The van der Waals surface area contributed by atoms with Crippen LogP contribution in [0.15, 0.2) is 66.1 Å². The summed E-state index contributed by atoms with van der Waals surface area (Å²) < 4.78 is 40.9. The second-order valence-corrected chi connectivity index (χ2v) is 11.2. The molecule has 2 N–H and O–H groups in total. The summed E-state index contributed by atoms with van der Waals surface area (Å²) in [6.45, 7) is 2.13. The topological polar surface area (TPSA) is 117 Å². The van der Waals surface area contributed by atoms with E-state index in [2.05, 4.69) is 19.6 Å². The van der Waals surface area contributed by atoms with E-state index in [-0.39, 0.29) is 29.3 Å². The Bertz CT molecular complexity index is 1340. The van der Waals surface area contributed by atoms with E-state index >= 15 is 0 Å². The van der Waals surface area contributed by atoms with Crippen LogP contribution in [0.2, 0.25) is 0 Å². The molecule has 3 heterocycles. The number of ether oxygens (including phenoxy) is 2. The van der Waals surface area contributed by atoms with Gasteiger partial charge >= 0.3 is 0 Å². The summed E-state index contributed by atoms with van der Waals surface area (Å²) in [5, 5.41) is 10.6. The fraction of sp³-hybridized carbons (Fsp3) is 0.385.